The number of hydrogen-bond acceptors (Lipinski definition) is 5. The average Bonchev–Trinajstić information content (AvgIpc) is 3.00. The van der Waals surface area contributed by atoms with Crippen LogP contribution in [-0.4, -0.2) is 31.2 Å². The monoisotopic (exact) mass is 413 g/mol. The lowest BCUT2D eigenvalue weighted by Crippen LogP contribution is -2.20. The standard InChI is InChI=1S/C17H14ClF2N3O3S/c1-2-5-27(25,26)23-13-4-3-12(19)14(15(13)20)16(24)11-8-22-17-10(11)6-9(18)7-21-17/h3-4,6-8,11,23H,2,5H2,1H3. The zero-order chi connectivity index (χ0) is 19.8. The van der Waals surface area contributed by atoms with Gasteiger partial charge in [-0.05, 0) is 24.6 Å². The summed E-state index contributed by atoms with van der Waals surface area (Å²) < 4.78 is 54.8. The molecule has 1 unspecified atom stereocenters. The lowest BCUT2D eigenvalue weighted by atomic mass is 9.92. The summed E-state index contributed by atoms with van der Waals surface area (Å²) in [6, 6.07) is 3.22. The number of pyridine rings is 1. The molecule has 0 saturated heterocycles. The van der Waals surface area contributed by atoms with Crippen LogP contribution < -0.4 is 4.72 Å². The Balaban J connectivity index is 2.01. The van der Waals surface area contributed by atoms with Crippen molar-refractivity contribution in [2.75, 3.05) is 10.5 Å². The molecule has 0 amide bonds. The first kappa shape index (κ1) is 19.4. The number of anilines is 1. The topological polar surface area (TPSA) is 88.5 Å². The molecule has 2 heterocycles. The Morgan fingerprint density at radius 2 is 2.07 bits per heavy atom. The summed E-state index contributed by atoms with van der Waals surface area (Å²) in [5.74, 6) is -4.37. The van der Waals surface area contributed by atoms with Crippen LogP contribution in [0.4, 0.5) is 20.3 Å². The van der Waals surface area contributed by atoms with Gasteiger partial charge in [-0.2, -0.15) is 0 Å². The van der Waals surface area contributed by atoms with Crippen LogP contribution in [0.25, 0.3) is 0 Å². The predicted octanol–water partition coefficient (Wildman–Crippen LogP) is 3.85. The summed E-state index contributed by atoms with van der Waals surface area (Å²) in [4.78, 5) is 20.7. The zero-order valence-corrected chi connectivity index (χ0v) is 15.6. The summed E-state index contributed by atoms with van der Waals surface area (Å²) in [6.07, 6.45) is 2.88. The molecule has 3 rings (SSSR count). The van der Waals surface area contributed by atoms with E-state index in [4.69, 9.17) is 11.6 Å². The second-order valence-electron chi connectivity index (χ2n) is 5.89. The predicted molar refractivity (Wildman–Crippen MR) is 98.5 cm³/mol. The molecule has 1 atom stereocenters. The number of carbonyl (C=O) groups excluding carboxylic acids is 1. The molecule has 0 spiro atoms. The molecule has 6 nitrogen and oxygen atoms in total. The molecular weight excluding hydrogens is 400 g/mol. The Bertz CT molecular complexity index is 1060. The molecule has 1 N–H and O–H groups in total. The van der Waals surface area contributed by atoms with E-state index in [1.54, 1.807) is 6.92 Å². The first-order valence-electron chi connectivity index (χ1n) is 7.96. The fraction of sp³-hybridized carbons (Fsp3) is 0.235. The van der Waals surface area contributed by atoms with Crippen LogP contribution in [0, 0.1) is 11.6 Å². The smallest absolute Gasteiger partial charge is 0.232 e. The van der Waals surface area contributed by atoms with Crippen molar-refractivity contribution in [2.45, 2.75) is 19.3 Å². The summed E-state index contributed by atoms with van der Waals surface area (Å²) in [7, 11) is -3.81. The molecule has 1 aromatic carbocycles. The van der Waals surface area contributed by atoms with Gasteiger partial charge < -0.3 is 0 Å². The van der Waals surface area contributed by atoms with Gasteiger partial charge in [-0.25, -0.2) is 27.2 Å². The van der Waals surface area contributed by atoms with Crippen LogP contribution >= 0.6 is 11.6 Å². The number of nitrogens with one attached hydrogen (secondary N) is 1. The van der Waals surface area contributed by atoms with E-state index in [9.17, 15) is 22.0 Å². The summed E-state index contributed by atoms with van der Waals surface area (Å²) in [5.41, 5.74) is -1.02. The maximum absolute atomic E-state index is 14.8. The number of ketones is 1. The molecule has 1 aromatic heterocycles. The van der Waals surface area contributed by atoms with Gasteiger partial charge in [0.15, 0.2) is 17.4 Å². The Morgan fingerprint density at radius 1 is 1.33 bits per heavy atom. The third-order valence-electron chi connectivity index (χ3n) is 3.90. The first-order valence-corrected chi connectivity index (χ1v) is 9.99. The molecule has 0 radical (unpaired) electrons. The van der Waals surface area contributed by atoms with E-state index in [1.165, 1.54) is 18.5 Å². The number of Topliss-reactive ketones (excluding diaryl/α,β-unsaturated/α-hetero) is 1. The molecule has 0 aliphatic carbocycles. The van der Waals surface area contributed by atoms with Crippen molar-refractivity contribution in [2.24, 2.45) is 4.99 Å². The number of aromatic nitrogens is 1. The summed E-state index contributed by atoms with van der Waals surface area (Å²) in [6.45, 7) is 1.64. The van der Waals surface area contributed by atoms with Crippen LogP contribution in [0.3, 0.4) is 0 Å². The minimum atomic E-state index is -3.81. The molecule has 0 fully saturated rings. The highest BCUT2D eigenvalue weighted by atomic mass is 35.5. The van der Waals surface area contributed by atoms with E-state index in [1.807, 2.05) is 4.72 Å². The molecule has 10 heteroatoms. The normalized spacial score (nSPS) is 15.6. The lowest BCUT2D eigenvalue weighted by Gasteiger charge is -2.14. The average molecular weight is 414 g/mol. The second kappa shape index (κ2) is 7.32. The van der Waals surface area contributed by atoms with Gasteiger partial charge in [0.1, 0.15) is 5.82 Å². The number of sulfonamides is 1. The van der Waals surface area contributed by atoms with Crippen molar-refractivity contribution >= 4 is 45.1 Å². The highest BCUT2D eigenvalue weighted by molar-refractivity contribution is 7.92. The van der Waals surface area contributed by atoms with E-state index < -0.39 is 44.6 Å². The van der Waals surface area contributed by atoms with Crippen LogP contribution in [0.15, 0.2) is 29.4 Å². The fourth-order valence-corrected chi connectivity index (χ4v) is 4.02. The van der Waals surface area contributed by atoms with Crippen molar-refractivity contribution in [3.05, 3.63) is 52.2 Å². The number of fused-ring (bicyclic) bond motifs is 1. The van der Waals surface area contributed by atoms with Crippen molar-refractivity contribution < 1.29 is 22.0 Å². The maximum Gasteiger partial charge on any atom is 0.232 e. The molecule has 1 aliphatic rings. The fourth-order valence-electron chi connectivity index (χ4n) is 2.72. The largest absolute Gasteiger partial charge is 0.293 e. The Morgan fingerprint density at radius 3 is 2.78 bits per heavy atom. The van der Waals surface area contributed by atoms with Gasteiger partial charge in [-0.3, -0.25) is 9.52 Å². The molecule has 27 heavy (non-hydrogen) atoms. The lowest BCUT2D eigenvalue weighted by molar-refractivity contribution is 0.0977. The number of aliphatic imine (C=N–C) groups is 1. The second-order valence-corrected chi connectivity index (χ2v) is 8.17. The summed E-state index contributed by atoms with van der Waals surface area (Å²) >= 11 is 5.88. The number of carbonyl (C=O) groups is 1. The minimum Gasteiger partial charge on any atom is -0.293 e. The molecule has 1 aliphatic heterocycles. The molecular formula is C17H14ClF2N3O3S. The van der Waals surface area contributed by atoms with Gasteiger partial charge in [0.25, 0.3) is 0 Å². The highest BCUT2D eigenvalue weighted by Crippen LogP contribution is 2.35. The Hall–Kier alpha value is -2.39. The number of hydrogen-bond donors (Lipinski definition) is 1. The van der Waals surface area contributed by atoms with E-state index in [-0.39, 0.29) is 16.6 Å². The molecule has 0 bridgehead atoms. The van der Waals surface area contributed by atoms with Gasteiger partial charge in [0.2, 0.25) is 10.0 Å². The van der Waals surface area contributed by atoms with Crippen LogP contribution in [0.1, 0.15) is 35.2 Å². The van der Waals surface area contributed by atoms with Crippen LogP contribution in [-0.2, 0) is 10.0 Å². The maximum atomic E-state index is 14.8. The van der Waals surface area contributed by atoms with Gasteiger partial charge in [-0.15, -0.1) is 0 Å². The van der Waals surface area contributed by atoms with Crippen LogP contribution in [0.2, 0.25) is 5.02 Å². The van der Waals surface area contributed by atoms with E-state index >= 15 is 0 Å². The number of benzene rings is 1. The van der Waals surface area contributed by atoms with Crippen molar-refractivity contribution in [1.82, 2.24) is 4.98 Å². The summed E-state index contributed by atoms with van der Waals surface area (Å²) in [5, 5.41) is 0.249. The minimum absolute atomic E-state index is 0.235. The third kappa shape index (κ3) is 3.84. The number of rotatable bonds is 6. The zero-order valence-electron chi connectivity index (χ0n) is 14.0. The Labute approximate surface area is 159 Å². The number of halogens is 3. The van der Waals surface area contributed by atoms with Gasteiger partial charge in [0.05, 0.1) is 27.9 Å². The molecule has 142 valence electrons. The quantitative estimate of drug-likeness (QED) is 0.728. The van der Waals surface area contributed by atoms with Crippen LogP contribution in [0.5, 0.6) is 0 Å². The van der Waals surface area contributed by atoms with E-state index in [0.717, 1.165) is 12.1 Å². The van der Waals surface area contributed by atoms with E-state index in [0.29, 0.717) is 12.0 Å². The van der Waals surface area contributed by atoms with Crippen molar-refractivity contribution in [1.29, 1.82) is 0 Å². The first-order chi connectivity index (χ1) is 12.7. The SMILES string of the molecule is CCCS(=O)(=O)Nc1ccc(F)c(C(=O)C2C=Nc3ncc(Cl)cc32)c1F. The highest BCUT2D eigenvalue weighted by Gasteiger charge is 2.32. The third-order valence-corrected chi connectivity index (χ3v) is 5.58. The molecule has 0 saturated carbocycles. The molecule has 2 aromatic rings. The number of nitrogens with zero attached hydrogens (tertiary/aromatic N) is 2. The van der Waals surface area contributed by atoms with E-state index in [2.05, 4.69) is 9.98 Å². The van der Waals surface area contributed by atoms with Crippen molar-refractivity contribution in [3.8, 4) is 0 Å². The van der Waals surface area contributed by atoms with Gasteiger partial charge in [0, 0.05) is 18.0 Å². The van der Waals surface area contributed by atoms with Crippen molar-refractivity contribution in [3.63, 3.8) is 0 Å². The van der Waals surface area contributed by atoms with Gasteiger partial charge >= 0.3 is 0 Å². The van der Waals surface area contributed by atoms with Gasteiger partial charge in [-0.1, -0.05) is 18.5 Å². The Kier molecular flexibility index (Phi) is 5.25.